The Morgan fingerprint density at radius 1 is 1.06 bits per heavy atom. The molecular weight excluding hydrogens is 421 g/mol. The summed E-state index contributed by atoms with van der Waals surface area (Å²) in [4.78, 5) is 37.4. The molecule has 4 rings (SSSR count). The molecule has 0 saturated heterocycles. The minimum absolute atomic E-state index is 0.0941. The normalized spacial score (nSPS) is 39.2. The third-order valence-electron chi connectivity index (χ3n) is 9.06. The first-order valence-corrected chi connectivity index (χ1v) is 11.7. The van der Waals surface area contributed by atoms with Gasteiger partial charge in [0.15, 0.2) is 0 Å². The summed E-state index contributed by atoms with van der Waals surface area (Å²) in [5, 5.41) is 5.12. The van der Waals surface area contributed by atoms with Crippen LogP contribution in [0.15, 0.2) is 11.6 Å². The Kier molecular flexibility index (Phi) is 5.33. The molecule has 3 fully saturated rings. The number of alkyl halides is 3. The molecule has 2 amide bonds. The molecule has 32 heavy (non-hydrogen) atoms. The van der Waals surface area contributed by atoms with Crippen molar-refractivity contribution >= 4 is 17.6 Å². The third kappa shape index (κ3) is 3.58. The largest absolute Gasteiger partial charge is 0.452 e. The average molecular weight is 455 g/mol. The van der Waals surface area contributed by atoms with Crippen molar-refractivity contribution in [3.05, 3.63) is 11.6 Å². The van der Waals surface area contributed by atoms with Gasteiger partial charge >= 0.3 is 6.18 Å². The Hall–Kier alpha value is -1.86. The lowest BCUT2D eigenvalue weighted by Gasteiger charge is -2.58. The Balaban J connectivity index is 1.62. The maximum atomic E-state index is 12.9. The van der Waals surface area contributed by atoms with Gasteiger partial charge in [0, 0.05) is 11.5 Å². The number of carbonyl (C=O) groups is 3. The van der Waals surface area contributed by atoms with Crippen molar-refractivity contribution in [1.82, 2.24) is 10.6 Å². The molecular formula is C24H33F3N2O3. The second-order valence-corrected chi connectivity index (χ2v) is 11.4. The van der Waals surface area contributed by atoms with Crippen molar-refractivity contribution in [2.45, 2.75) is 90.4 Å². The molecule has 3 saturated carbocycles. The molecule has 0 radical (unpaired) electrons. The van der Waals surface area contributed by atoms with E-state index in [0.717, 1.165) is 39.5 Å². The topological polar surface area (TPSA) is 75.3 Å². The van der Waals surface area contributed by atoms with E-state index in [1.165, 1.54) is 19.3 Å². The molecule has 2 N–H and O–H groups in total. The zero-order chi connectivity index (χ0) is 23.7. The zero-order valence-electron chi connectivity index (χ0n) is 19.2. The minimum Gasteiger partial charge on any atom is -0.348 e. The number of amides is 2. The van der Waals surface area contributed by atoms with Gasteiger partial charge in [-0.1, -0.05) is 26.3 Å². The standard InChI is InChI=1S/C24H33F3N2O3/c1-21(2,20(32)24(25,26)27)29-19(31)14-12-23(4)16-9-11-22(3)10-5-6-15(22)13(16)7-8-17(23)28-18(14)30/h12-13,15-17H,5-11H2,1-4H3,(H,28,30)(H,29,31)/t13-,15-,16+,17?,22-,23+/m0/s1. The highest BCUT2D eigenvalue weighted by Crippen LogP contribution is 2.63. The van der Waals surface area contributed by atoms with E-state index in [-0.39, 0.29) is 11.6 Å². The van der Waals surface area contributed by atoms with E-state index in [9.17, 15) is 27.6 Å². The maximum absolute atomic E-state index is 12.9. The fourth-order valence-corrected chi connectivity index (χ4v) is 7.36. The second-order valence-electron chi connectivity index (χ2n) is 11.4. The molecule has 0 bridgehead atoms. The summed E-state index contributed by atoms with van der Waals surface area (Å²) in [6.07, 6.45) is 4.36. The molecule has 178 valence electrons. The smallest absolute Gasteiger partial charge is 0.348 e. The van der Waals surface area contributed by atoms with Gasteiger partial charge < -0.3 is 10.6 Å². The fourth-order valence-electron chi connectivity index (χ4n) is 7.36. The van der Waals surface area contributed by atoms with Crippen LogP contribution in [-0.2, 0) is 14.4 Å². The molecule has 4 aliphatic rings. The first-order chi connectivity index (χ1) is 14.7. The Labute approximate surface area is 187 Å². The summed E-state index contributed by atoms with van der Waals surface area (Å²) >= 11 is 0. The highest BCUT2D eigenvalue weighted by molar-refractivity contribution is 6.20. The van der Waals surface area contributed by atoms with Crippen molar-refractivity contribution in [2.24, 2.45) is 28.6 Å². The summed E-state index contributed by atoms with van der Waals surface area (Å²) in [6, 6.07) is -0.0941. The highest BCUT2D eigenvalue weighted by Gasteiger charge is 2.58. The average Bonchev–Trinajstić information content (AvgIpc) is 3.08. The van der Waals surface area contributed by atoms with E-state index in [1.807, 2.05) is 0 Å². The van der Waals surface area contributed by atoms with Gasteiger partial charge in [0.05, 0.1) is 0 Å². The first kappa shape index (κ1) is 23.3. The van der Waals surface area contributed by atoms with E-state index in [1.54, 1.807) is 6.08 Å². The van der Waals surface area contributed by atoms with Crippen LogP contribution in [0.2, 0.25) is 0 Å². The number of fused-ring (bicyclic) bond motifs is 5. The van der Waals surface area contributed by atoms with Crippen molar-refractivity contribution in [3.8, 4) is 0 Å². The van der Waals surface area contributed by atoms with E-state index in [2.05, 4.69) is 24.5 Å². The summed E-state index contributed by atoms with van der Waals surface area (Å²) in [7, 11) is 0. The van der Waals surface area contributed by atoms with Crippen LogP contribution < -0.4 is 10.6 Å². The number of rotatable bonds is 3. The Morgan fingerprint density at radius 3 is 2.41 bits per heavy atom. The number of halogens is 3. The lowest BCUT2D eigenvalue weighted by atomic mass is 9.48. The van der Waals surface area contributed by atoms with Crippen LogP contribution in [-0.4, -0.2) is 35.4 Å². The number of hydrogen-bond acceptors (Lipinski definition) is 3. The molecule has 1 aliphatic heterocycles. The first-order valence-electron chi connectivity index (χ1n) is 11.7. The van der Waals surface area contributed by atoms with Gasteiger partial charge in [-0.25, -0.2) is 0 Å². The number of ketones is 1. The summed E-state index contributed by atoms with van der Waals surface area (Å²) in [5.41, 5.74) is -2.42. The highest BCUT2D eigenvalue weighted by atomic mass is 19.4. The summed E-state index contributed by atoms with van der Waals surface area (Å²) in [5.74, 6) is -2.09. The molecule has 6 atom stereocenters. The molecule has 0 spiro atoms. The molecule has 5 nitrogen and oxygen atoms in total. The maximum Gasteiger partial charge on any atom is 0.452 e. The quantitative estimate of drug-likeness (QED) is 0.632. The van der Waals surface area contributed by atoms with Crippen molar-refractivity contribution < 1.29 is 27.6 Å². The molecule has 1 unspecified atom stereocenters. The Bertz CT molecular complexity index is 880. The number of nitrogens with one attached hydrogen (secondary N) is 2. The second kappa shape index (κ2) is 7.32. The van der Waals surface area contributed by atoms with E-state index in [0.29, 0.717) is 23.2 Å². The van der Waals surface area contributed by atoms with Crippen molar-refractivity contribution in [1.29, 1.82) is 0 Å². The lowest BCUT2D eigenvalue weighted by Crippen LogP contribution is -2.62. The van der Waals surface area contributed by atoms with Crippen LogP contribution in [0.5, 0.6) is 0 Å². The van der Waals surface area contributed by atoms with Crippen LogP contribution in [0.4, 0.5) is 13.2 Å². The van der Waals surface area contributed by atoms with Gasteiger partial charge in [-0.15, -0.1) is 0 Å². The van der Waals surface area contributed by atoms with Gasteiger partial charge in [-0.3, -0.25) is 14.4 Å². The van der Waals surface area contributed by atoms with Gasteiger partial charge in [-0.05, 0) is 75.5 Å². The summed E-state index contributed by atoms with van der Waals surface area (Å²) in [6.45, 7) is 6.48. The van der Waals surface area contributed by atoms with Crippen LogP contribution >= 0.6 is 0 Å². The number of hydrogen-bond donors (Lipinski definition) is 2. The predicted octanol–water partition coefficient (Wildman–Crippen LogP) is 4.07. The molecule has 0 aromatic heterocycles. The number of carbonyl (C=O) groups excluding carboxylic acids is 3. The van der Waals surface area contributed by atoms with Gasteiger partial charge in [0.25, 0.3) is 17.6 Å². The van der Waals surface area contributed by atoms with E-state index >= 15 is 0 Å². The monoisotopic (exact) mass is 454 g/mol. The SMILES string of the molecule is CC(C)(NC(=O)C1=C[C@@]2(C)C(CC[C@@H]3[C@H]2CC[C@]2(C)CCC[C@@H]32)NC1=O)C(=O)C(F)(F)F. The predicted molar refractivity (Wildman–Crippen MR) is 112 cm³/mol. The van der Waals surface area contributed by atoms with Crippen molar-refractivity contribution in [2.75, 3.05) is 0 Å². The van der Waals surface area contributed by atoms with E-state index < -0.39 is 34.7 Å². The van der Waals surface area contributed by atoms with Gasteiger partial charge in [0.1, 0.15) is 11.1 Å². The third-order valence-corrected chi connectivity index (χ3v) is 9.06. The molecule has 0 aromatic rings. The lowest BCUT2D eigenvalue weighted by molar-refractivity contribution is -0.177. The summed E-state index contributed by atoms with van der Waals surface area (Å²) < 4.78 is 38.8. The van der Waals surface area contributed by atoms with Crippen LogP contribution in [0, 0.1) is 28.6 Å². The van der Waals surface area contributed by atoms with Crippen LogP contribution in [0.25, 0.3) is 0 Å². The fraction of sp³-hybridized carbons (Fsp3) is 0.792. The van der Waals surface area contributed by atoms with E-state index in [4.69, 9.17) is 0 Å². The molecule has 0 aromatic carbocycles. The van der Waals surface area contributed by atoms with Crippen molar-refractivity contribution in [3.63, 3.8) is 0 Å². The zero-order valence-corrected chi connectivity index (χ0v) is 19.2. The minimum atomic E-state index is -5.08. The Morgan fingerprint density at radius 2 is 1.75 bits per heavy atom. The van der Waals surface area contributed by atoms with Crippen LogP contribution in [0.1, 0.15) is 72.6 Å². The van der Waals surface area contributed by atoms with Gasteiger partial charge in [0.2, 0.25) is 0 Å². The molecule has 3 aliphatic carbocycles. The molecule has 8 heteroatoms. The van der Waals surface area contributed by atoms with Gasteiger partial charge in [-0.2, -0.15) is 13.2 Å². The van der Waals surface area contributed by atoms with Crippen LogP contribution in [0.3, 0.4) is 0 Å². The molecule has 1 heterocycles. The number of Topliss-reactive ketones (excluding diaryl/α,β-unsaturated/α-hetero) is 1.